The first-order valence-electron chi connectivity index (χ1n) is 6.30. The number of thioether (sulfide) groups is 1. The van der Waals surface area contributed by atoms with Crippen molar-refractivity contribution in [1.82, 2.24) is 20.1 Å². The van der Waals surface area contributed by atoms with Crippen LogP contribution < -0.4 is 5.32 Å². The van der Waals surface area contributed by atoms with Crippen molar-refractivity contribution in [2.75, 3.05) is 6.54 Å². The summed E-state index contributed by atoms with van der Waals surface area (Å²) in [5.41, 5.74) is 1.04. The molecule has 3 rings (SSSR count). The molecular formula is C13H14Cl2N4S. The van der Waals surface area contributed by atoms with Gasteiger partial charge in [0.25, 0.3) is 0 Å². The summed E-state index contributed by atoms with van der Waals surface area (Å²) in [5.74, 6) is 0. The number of nitrogens with zero attached hydrogens (tertiary/aromatic N) is 3. The minimum atomic E-state index is -0.297. The van der Waals surface area contributed by atoms with Crippen LogP contribution in [0.3, 0.4) is 0 Å². The summed E-state index contributed by atoms with van der Waals surface area (Å²) >= 11 is 14.3. The lowest BCUT2D eigenvalue weighted by Crippen LogP contribution is -2.39. The zero-order valence-electron chi connectivity index (χ0n) is 10.9. The van der Waals surface area contributed by atoms with Crippen LogP contribution in [0, 0.1) is 0 Å². The van der Waals surface area contributed by atoms with Crippen LogP contribution in [-0.4, -0.2) is 26.6 Å². The van der Waals surface area contributed by atoms with E-state index in [0.29, 0.717) is 21.8 Å². The Kier molecular flexibility index (Phi) is 3.95. The normalized spacial score (nSPS) is 26.1. The molecule has 0 saturated carbocycles. The molecule has 1 aliphatic heterocycles. The highest BCUT2D eigenvalue weighted by atomic mass is 35.5. The maximum Gasteiger partial charge on any atom is 0.137 e. The summed E-state index contributed by atoms with van der Waals surface area (Å²) in [6, 6.07) is 5.64. The van der Waals surface area contributed by atoms with Gasteiger partial charge in [-0.15, -0.1) is 11.8 Å². The van der Waals surface area contributed by atoms with Crippen molar-refractivity contribution in [2.24, 2.45) is 0 Å². The van der Waals surface area contributed by atoms with E-state index in [1.807, 2.05) is 28.6 Å². The Morgan fingerprint density at radius 3 is 2.95 bits per heavy atom. The monoisotopic (exact) mass is 328 g/mol. The number of hydrogen-bond donors (Lipinski definition) is 1. The minimum absolute atomic E-state index is 0.297. The van der Waals surface area contributed by atoms with E-state index in [1.54, 1.807) is 18.7 Å². The molecule has 0 amide bonds. The SMILES string of the molecule is CC1CNC(Cn2cncn2)(c2ccc(Cl)cc2Cl)S1. The molecule has 0 spiro atoms. The molecular weight excluding hydrogens is 315 g/mol. The van der Waals surface area contributed by atoms with Crippen LogP contribution in [0.1, 0.15) is 12.5 Å². The van der Waals surface area contributed by atoms with Gasteiger partial charge >= 0.3 is 0 Å². The molecule has 1 saturated heterocycles. The van der Waals surface area contributed by atoms with E-state index in [2.05, 4.69) is 22.3 Å². The molecule has 1 aromatic heterocycles. The predicted octanol–water partition coefficient (Wildman–Crippen LogP) is 3.16. The Labute approximate surface area is 131 Å². The molecule has 4 nitrogen and oxygen atoms in total. The van der Waals surface area contributed by atoms with Gasteiger partial charge in [-0.1, -0.05) is 36.2 Å². The third-order valence-corrected chi connectivity index (χ3v) is 5.31. The summed E-state index contributed by atoms with van der Waals surface area (Å²) in [6.07, 6.45) is 3.26. The molecule has 7 heteroatoms. The Morgan fingerprint density at radius 1 is 1.50 bits per heavy atom. The second kappa shape index (κ2) is 5.56. The highest BCUT2D eigenvalue weighted by molar-refractivity contribution is 8.01. The third-order valence-electron chi connectivity index (χ3n) is 3.29. The Morgan fingerprint density at radius 2 is 2.35 bits per heavy atom. The molecule has 1 aromatic carbocycles. The van der Waals surface area contributed by atoms with Crippen molar-refractivity contribution >= 4 is 35.0 Å². The second-order valence-electron chi connectivity index (χ2n) is 4.85. The van der Waals surface area contributed by atoms with E-state index >= 15 is 0 Å². The van der Waals surface area contributed by atoms with Crippen molar-refractivity contribution in [3.63, 3.8) is 0 Å². The topological polar surface area (TPSA) is 42.7 Å². The molecule has 106 valence electrons. The highest BCUT2D eigenvalue weighted by Crippen LogP contribution is 2.45. The van der Waals surface area contributed by atoms with E-state index in [9.17, 15) is 0 Å². The average molecular weight is 329 g/mol. The van der Waals surface area contributed by atoms with E-state index < -0.39 is 0 Å². The third kappa shape index (κ3) is 2.68. The van der Waals surface area contributed by atoms with E-state index in [0.717, 1.165) is 12.1 Å². The molecule has 0 radical (unpaired) electrons. The molecule has 1 aliphatic rings. The standard InChI is InChI=1S/C13H14Cl2N4S/c1-9-5-17-13(20-9,6-19-8-16-7-18-19)11-3-2-10(14)4-12(11)15/h2-4,7-9,17H,5-6H2,1H3. The lowest BCUT2D eigenvalue weighted by Gasteiger charge is -2.30. The first kappa shape index (κ1) is 14.2. The van der Waals surface area contributed by atoms with Gasteiger partial charge in [-0.05, 0) is 12.1 Å². The number of hydrogen-bond acceptors (Lipinski definition) is 4. The smallest absolute Gasteiger partial charge is 0.137 e. The summed E-state index contributed by atoms with van der Waals surface area (Å²) in [5, 5.41) is 9.61. The van der Waals surface area contributed by atoms with Crippen molar-refractivity contribution in [2.45, 2.75) is 23.6 Å². The van der Waals surface area contributed by atoms with Crippen LogP contribution in [0.5, 0.6) is 0 Å². The lowest BCUT2D eigenvalue weighted by molar-refractivity contribution is 0.419. The van der Waals surface area contributed by atoms with E-state index in [4.69, 9.17) is 23.2 Å². The summed E-state index contributed by atoms with van der Waals surface area (Å²) < 4.78 is 1.82. The van der Waals surface area contributed by atoms with Crippen molar-refractivity contribution in [1.29, 1.82) is 0 Å². The average Bonchev–Trinajstić information content (AvgIpc) is 3.00. The zero-order chi connectivity index (χ0) is 14.2. The van der Waals surface area contributed by atoms with Crippen LogP contribution in [0.2, 0.25) is 10.0 Å². The van der Waals surface area contributed by atoms with Crippen LogP contribution in [0.15, 0.2) is 30.9 Å². The molecule has 0 bridgehead atoms. The summed E-state index contributed by atoms with van der Waals surface area (Å²) in [6.45, 7) is 3.80. The van der Waals surface area contributed by atoms with Crippen LogP contribution >= 0.6 is 35.0 Å². The van der Waals surface area contributed by atoms with Crippen LogP contribution in [0.4, 0.5) is 0 Å². The van der Waals surface area contributed by atoms with Gasteiger partial charge in [0.2, 0.25) is 0 Å². The Balaban J connectivity index is 2.01. The number of benzene rings is 1. The van der Waals surface area contributed by atoms with Crippen LogP contribution in [0.25, 0.3) is 0 Å². The zero-order valence-corrected chi connectivity index (χ0v) is 13.2. The van der Waals surface area contributed by atoms with Gasteiger partial charge in [0, 0.05) is 27.4 Å². The minimum Gasteiger partial charge on any atom is -0.296 e. The fraction of sp³-hybridized carbons (Fsp3) is 0.385. The largest absolute Gasteiger partial charge is 0.296 e. The number of nitrogens with one attached hydrogen (secondary N) is 1. The van der Waals surface area contributed by atoms with Crippen molar-refractivity contribution < 1.29 is 0 Å². The van der Waals surface area contributed by atoms with E-state index in [-0.39, 0.29) is 4.87 Å². The number of halogens is 2. The molecule has 2 atom stereocenters. The summed E-state index contributed by atoms with van der Waals surface area (Å²) in [4.78, 5) is 3.71. The van der Waals surface area contributed by atoms with Gasteiger partial charge < -0.3 is 0 Å². The van der Waals surface area contributed by atoms with Gasteiger partial charge in [0.15, 0.2) is 0 Å². The van der Waals surface area contributed by atoms with Gasteiger partial charge in [-0.2, -0.15) is 5.10 Å². The number of rotatable bonds is 3. The quantitative estimate of drug-likeness (QED) is 0.939. The Bertz CT molecular complexity index is 604. The maximum absolute atomic E-state index is 6.40. The van der Waals surface area contributed by atoms with Crippen molar-refractivity contribution in [3.05, 3.63) is 46.5 Å². The molecule has 0 aliphatic carbocycles. The lowest BCUT2D eigenvalue weighted by atomic mass is 10.1. The fourth-order valence-electron chi connectivity index (χ4n) is 2.43. The first-order chi connectivity index (χ1) is 9.59. The predicted molar refractivity (Wildman–Crippen MR) is 83.2 cm³/mol. The Hall–Kier alpha value is -0.750. The van der Waals surface area contributed by atoms with Gasteiger partial charge in [0.05, 0.1) is 6.54 Å². The molecule has 1 N–H and O–H groups in total. The molecule has 2 unspecified atom stereocenters. The van der Waals surface area contributed by atoms with Crippen LogP contribution in [-0.2, 0) is 11.4 Å². The molecule has 2 heterocycles. The molecule has 20 heavy (non-hydrogen) atoms. The van der Waals surface area contributed by atoms with Gasteiger partial charge in [-0.25, -0.2) is 9.67 Å². The van der Waals surface area contributed by atoms with Gasteiger partial charge in [-0.3, -0.25) is 5.32 Å². The van der Waals surface area contributed by atoms with Crippen molar-refractivity contribution in [3.8, 4) is 0 Å². The maximum atomic E-state index is 6.40. The first-order valence-corrected chi connectivity index (χ1v) is 7.93. The second-order valence-corrected chi connectivity index (χ2v) is 7.43. The summed E-state index contributed by atoms with van der Waals surface area (Å²) in [7, 11) is 0. The molecule has 2 aromatic rings. The molecule has 1 fully saturated rings. The van der Waals surface area contributed by atoms with Gasteiger partial charge in [0.1, 0.15) is 17.5 Å². The number of aromatic nitrogens is 3. The fourth-order valence-corrected chi connectivity index (χ4v) is 4.59. The van der Waals surface area contributed by atoms with E-state index in [1.165, 1.54) is 0 Å². The highest BCUT2D eigenvalue weighted by Gasteiger charge is 2.41.